The lowest BCUT2D eigenvalue weighted by atomic mass is 10.1. The Morgan fingerprint density at radius 3 is 2.29 bits per heavy atom. The molecule has 0 aliphatic rings. The first-order valence-electron chi connectivity index (χ1n) is 4.68. The van der Waals surface area contributed by atoms with Gasteiger partial charge >= 0.3 is 0 Å². The summed E-state index contributed by atoms with van der Waals surface area (Å²) in [6.07, 6.45) is 0. The van der Waals surface area contributed by atoms with Crippen LogP contribution in [0.5, 0.6) is 0 Å². The maximum Gasteiger partial charge on any atom is 0.221 e. The van der Waals surface area contributed by atoms with Gasteiger partial charge in [-0.25, -0.2) is 0 Å². The molecular weight excluding hydrogens is 176 g/mol. The van der Waals surface area contributed by atoms with E-state index in [4.69, 9.17) is 0 Å². The maximum atomic E-state index is 10.8. The van der Waals surface area contributed by atoms with Crippen molar-refractivity contribution in [2.45, 2.75) is 19.9 Å². The van der Waals surface area contributed by atoms with Crippen molar-refractivity contribution < 1.29 is 4.79 Å². The summed E-state index contributed by atoms with van der Waals surface area (Å²) >= 11 is 0. The third-order valence-corrected chi connectivity index (χ3v) is 2.16. The van der Waals surface area contributed by atoms with Crippen molar-refractivity contribution in [3.8, 4) is 0 Å². The molecular formula is C11H16N2O. The molecule has 1 aromatic carbocycles. The largest absolute Gasteiger partial charge is 0.326 e. The van der Waals surface area contributed by atoms with E-state index in [1.54, 1.807) is 0 Å². The molecule has 0 fully saturated rings. The Balaban J connectivity index is 2.73. The highest BCUT2D eigenvalue weighted by atomic mass is 16.1. The van der Waals surface area contributed by atoms with Crippen LogP contribution in [0.2, 0.25) is 0 Å². The summed E-state index contributed by atoms with van der Waals surface area (Å²) in [6.45, 7) is 3.59. The second-order valence-electron chi connectivity index (χ2n) is 3.31. The molecule has 3 nitrogen and oxygen atoms in total. The lowest BCUT2D eigenvalue weighted by Gasteiger charge is -2.11. The molecule has 0 unspecified atom stereocenters. The van der Waals surface area contributed by atoms with Crippen LogP contribution >= 0.6 is 0 Å². The van der Waals surface area contributed by atoms with Crippen LogP contribution < -0.4 is 10.6 Å². The molecule has 0 saturated heterocycles. The Labute approximate surface area is 84.5 Å². The van der Waals surface area contributed by atoms with E-state index in [0.29, 0.717) is 6.04 Å². The summed E-state index contributed by atoms with van der Waals surface area (Å²) in [6, 6.07) is 8.16. The molecule has 0 saturated carbocycles. The fourth-order valence-corrected chi connectivity index (χ4v) is 1.23. The average Bonchev–Trinajstić information content (AvgIpc) is 2.17. The van der Waals surface area contributed by atoms with Crippen LogP contribution in [0, 0.1) is 0 Å². The Morgan fingerprint density at radius 1 is 1.29 bits per heavy atom. The van der Waals surface area contributed by atoms with Crippen molar-refractivity contribution in [1.82, 2.24) is 5.32 Å². The molecule has 76 valence electrons. The van der Waals surface area contributed by atoms with E-state index in [1.165, 1.54) is 12.5 Å². The molecule has 0 aliphatic heterocycles. The lowest BCUT2D eigenvalue weighted by Crippen LogP contribution is -2.12. The first-order valence-corrected chi connectivity index (χ1v) is 4.68. The summed E-state index contributed by atoms with van der Waals surface area (Å²) in [4.78, 5) is 10.8. The first-order chi connectivity index (χ1) is 6.63. The number of rotatable bonds is 3. The highest BCUT2D eigenvalue weighted by molar-refractivity contribution is 5.88. The van der Waals surface area contributed by atoms with Crippen LogP contribution in [0.15, 0.2) is 24.3 Å². The van der Waals surface area contributed by atoms with Crippen LogP contribution in [0.3, 0.4) is 0 Å². The van der Waals surface area contributed by atoms with Gasteiger partial charge in [0, 0.05) is 18.7 Å². The Morgan fingerprint density at radius 2 is 1.86 bits per heavy atom. The maximum absolute atomic E-state index is 10.8. The highest BCUT2D eigenvalue weighted by Gasteiger charge is 2.01. The average molecular weight is 192 g/mol. The first kappa shape index (κ1) is 10.7. The molecule has 0 heterocycles. The van der Waals surface area contributed by atoms with Crippen LogP contribution in [-0.2, 0) is 4.79 Å². The molecule has 0 aliphatic carbocycles. The third-order valence-electron chi connectivity index (χ3n) is 2.16. The van der Waals surface area contributed by atoms with Crippen molar-refractivity contribution in [1.29, 1.82) is 0 Å². The molecule has 1 amide bonds. The van der Waals surface area contributed by atoms with Gasteiger partial charge in [-0.2, -0.15) is 0 Å². The number of nitrogens with one attached hydrogen (secondary N) is 2. The highest BCUT2D eigenvalue weighted by Crippen LogP contribution is 2.15. The van der Waals surface area contributed by atoms with Gasteiger partial charge in [0.05, 0.1) is 0 Å². The number of anilines is 1. The predicted molar refractivity (Wildman–Crippen MR) is 58.2 cm³/mol. The minimum atomic E-state index is -0.0422. The molecule has 3 heteroatoms. The smallest absolute Gasteiger partial charge is 0.221 e. The van der Waals surface area contributed by atoms with E-state index in [1.807, 2.05) is 31.3 Å². The SMILES string of the molecule is CN[C@@H](C)c1ccc(NC(C)=O)cc1. The molecule has 1 atom stereocenters. The second kappa shape index (κ2) is 4.77. The number of carbonyl (C=O) groups excluding carboxylic acids is 1. The normalized spacial score (nSPS) is 12.2. The van der Waals surface area contributed by atoms with Crippen LogP contribution in [0.1, 0.15) is 25.5 Å². The Bertz CT molecular complexity index is 306. The number of carbonyl (C=O) groups is 1. The summed E-state index contributed by atoms with van der Waals surface area (Å²) < 4.78 is 0. The number of benzene rings is 1. The number of hydrogen-bond donors (Lipinski definition) is 2. The number of amides is 1. The molecule has 1 rings (SSSR count). The van der Waals surface area contributed by atoms with Crippen molar-refractivity contribution in [2.24, 2.45) is 0 Å². The monoisotopic (exact) mass is 192 g/mol. The van der Waals surface area contributed by atoms with Crippen LogP contribution in [0.25, 0.3) is 0 Å². The van der Waals surface area contributed by atoms with Gasteiger partial charge < -0.3 is 10.6 Å². The van der Waals surface area contributed by atoms with E-state index in [0.717, 1.165) is 5.69 Å². The van der Waals surface area contributed by atoms with E-state index in [9.17, 15) is 4.79 Å². The molecule has 0 radical (unpaired) electrons. The summed E-state index contributed by atoms with van der Waals surface area (Å²) in [5, 5.41) is 5.88. The van der Waals surface area contributed by atoms with Gasteiger partial charge in [0.25, 0.3) is 0 Å². The van der Waals surface area contributed by atoms with E-state index in [2.05, 4.69) is 17.6 Å². The van der Waals surface area contributed by atoms with E-state index >= 15 is 0 Å². The van der Waals surface area contributed by atoms with Gasteiger partial charge in [0.15, 0.2) is 0 Å². The molecule has 14 heavy (non-hydrogen) atoms. The molecule has 0 bridgehead atoms. The van der Waals surface area contributed by atoms with Gasteiger partial charge in [0.2, 0.25) is 5.91 Å². The summed E-state index contributed by atoms with van der Waals surface area (Å²) in [7, 11) is 1.92. The zero-order valence-corrected chi connectivity index (χ0v) is 8.79. The van der Waals surface area contributed by atoms with Gasteiger partial charge in [-0.15, -0.1) is 0 Å². The standard InChI is InChI=1S/C11H16N2O/c1-8(12-3)10-4-6-11(7-5-10)13-9(2)14/h4-8,12H,1-3H3,(H,13,14)/t8-/m0/s1. The zero-order valence-electron chi connectivity index (χ0n) is 8.79. The number of hydrogen-bond acceptors (Lipinski definition) is 2. The minimum absolute atomic E-state index is 0.0422. The second-order valence-corrected chi connectivity index (χ2v) is 3.31. The van der Waals surface area contributed by atoms with E-state index in [-0.39, 0.29) is 5.91 Å². The zero-order chi connectivity index (χ0) is 10.6. The van der Waals surface area contributed by atoms with Crippen molar-refractivity contribution in [3.05, 3.63) is 29.8 Å². The lowest BCUT2D eigenvalue weighted by molar-refractivity contribution is -0.114. The molecule has 0 spiro atoms. The molecule has 0 aromatic heterocycles. The Kier molecular flexibility index (Phi) is 3.65. The minimum Gasteiger partial charge on any atom is -0.326 e. The topological polar surface area (TPSA) is 41.1 Å². The van der Waals surface area contributed by atoms with Gasteiger partial charge in [0.1, 0.15) is 0 Å². The molecule has 2 N–H and O–H groups in total. The van der Waals surface area contributed by atoms with Gasteiger partial charge in [-0.05, 0) is 31.7 Å². The summed E-state index contributed by atoms with van der Waals surface area (Å²) in [5.74, 6) is -0.0422. The van der Waals surface area contributed by atoms with Gasteiger partial charge in [-0.3, -0.25) is 4.79 Å². The third kappa shape index (κ3) is 2.85. The fourth-order valence-electron chi connectivity index (χ4n) is 1.23. The van der Waals surface area contributed by atoms with Crippen molar-refractivity contribution >= 4 is 11.6 Å². The Hall–Kier alpha value is -1.35. The quantitative estimate of drug-likeness (QED) is 0.768. The molecule has 1 aromatic rings. The predicted octanol–water partition coefficient (Wildman–Crippen LogP) is 1.93. The van der Waals surface area contributed by atoms with Crippen LogP contribution in [-0.4, -0.2) is 13.0 Å². The summed E-state index contributed by atoms with van der Waals surface area (Å²) in [5.41, 5.74) is 2.05. The van der Waals surface area contributed by atoms with E-state index < -0.39 is 0 Å². The van der Waals surface area contributed by atoms with Crippen LogP contribution in [0.4, 0.5) is 5.69 Å². The van der Waals surface area contributed by atoms with Gasteiger partial charge in [-0.1, -0.05) is 12.1 Å². The van der Waals surface area contributed by atoms with Crippen molar-refractivity contribution in [3.63, 3.8) is 0 Å². The van der Waals surface area contributed by atoms with Crippen molar-refractivity contribution in [2.75, 3.05) is 12.4 Å². The fraction of sp³-hybridized carbons (Fsp3) is 0.364.